The average molecular weight is 467 g/mol. The quantitative estimate of drug-likeness (QED) is 0.346. The molecular weight excluding hydrogens is 440 g/mol. The van der Waals surface area contributed by atoms with Crippen molar-refractivity contribution in [2.24, 2.45) is 5.92 Å². The van der Waals surface area contributed by atoms with Crippen LogP contribution in [0.1, 0.15) is 38.5 Å². The first kappa shape index (κ1) is 21.9. The van der Waals surface area contributed by atoms with Gasteiger partial charge in [0.2, 0.25) is 10.0 Å². The van der Waals surface area contributed by atoms with Crippen LogP contribution in [0, 0.1) is 16.0 Å². The molecule has 1 aliphatic carbocycles. The van der Waals surface area contributed by atoms with Gasteiger partial charge in [0, 0.05) is 36.2 Å². The summed E-state index contributed by atoms with van der Waals surface area (Å²) >= 11 is 0. The number of nitrogens with zero attached hydrogens (tertiary/aromatic N) is 2. The molecule has 0 N–H and O–H groups in total. The molecule has 0 aromatic heterocycles. The first-order chi connectivity index (χ1) is 15.9. The normalized spacial score (nSPS) is 21.5. The summed E-state index contributed by atoms with van der Waals surface area (Å²) in [6.45, 7) is 0.550. The van der Waals surface area contributed by atoms with Gasteiger partial charge in [0.25, 0.3) is 5.69 Å². The Kier molecular flexibility index (Phi) is 5.80. The van der Waals surface area contributed by atoms with Gasteiger partial charge in [-0.15, -0.1) is 0 Å². The first-order valence-electron chi connectivity index (χ1n) is 11.4. The Hall–Kier alpha value is -2.97. The summed E-state index contributed by atoms with van der Waals surface area (Å²) in [4.78, 5) is 10.7. The van der Waals surface area contributed by atoms with Gasteiger partial charge in [-0.1, -0.05) is 37.1 Å². The van der Waals surface area contributed by atoms with Crippen molar-refractivity contribution >= 4 is 26.5 Å². The van der Waals surface area contributed by atoms with Crippen molar-refractivity contribution in [1.82, 2.24) is 4.31 Å². The summed E-state index contributed by atoms with van der Waals surface area (Å²) in [5, 5.41) is 12.5. The molecule has 1 saturated heterocycles. The SMILES string of the molecule is O=[N+]([O-])c1ccc(Oc2cc(S(=O)(=O)N3CCCC4CCCC3C4)cc3ccccc23)cc1. The zero-order valence-corrected chi connectivity index (χ0v) is 19.0. The van der Waals surface area contributed by atoms with Gasteiger partial charge >= 0.3 is 0 Å². The Morgan fingerprint density at radius 2 is 1.73 bits per heavy atom. The molecule has 0 spiro atoms. The van der Waals surface area contributed by atoms with Gasteiger partial charge in [-0.3, -0.25) is 10.1 Å². The summed E-state index contributed by atoms with van der Waals surface area (Å²) in [6.07, 6.45) is 6.12. The molecule has 8 heteroatoms. The fourth-order valence-corrected chi connectivity index (χ4v) is 6.96. The van der Waals surface area contributed by atoms with E-state index < -0.39 is 14.9 Å². The minimum atomic E-state index is -3.70. The van der Waals surface area contributed by atoms with E-state index in [2.05, 4.69) is 0 Å². The van der Waals surface area contributed by atoms with Crippen LogP contribution in [0.3, 0.4) is 0 Å². The second-order valence-electron chi connectivity index (χ2n) is 8.94. The number of benzene rings is 3. The second kappa shape index (κ2) is 8.76. The summed E-state index contributed by atoms with van der Waals surface area (Å²) in [5.74, 6) is 1.45. The van der Waals surface area contributed by atoms with Crippen LogP contribution >= 0.6 is 0 Å². The summed E-state index contributed by atoms with van der Waals surface area (Å²) in [7, 11) is -3.70. The van der Waals surface area contributed by atoms with Crippen LogP contribution in [0.2, 0.25) is 0 Å². The smallest absolute Gasteiger partial charge is 0.269 e. The minimum Gasteiger partial charge on any atom is -0.457 e. The zero-order chi connectivity index (χ0) is 23.0. The third kappa shape index (κ3) is 4.32. The highest BCUT2D eigenvalue weighted by molar-refractivity contribution is 7.89. The monoisotopic (exact) mass is 466 g/mol. The van der Waals surface area contributed by atoms with Gasteiger partial charge < -0.3 is 4.74 Å². The standard InChI is InChI=1S/C25H26N2O5S/c28-27(29)20-10-12-22(13-11-20)32-25-17-23(16-19-7-1-2-9-24(19)25)33(30,31)26-14-4-6-18-5-3-8-21(26)15-18/h1-2,7,9-13,16-18,21H,3-6,8,14-15H2. The maximum absolute atomic E-state index is 13.8. The summed E-state index contributed by atoms with van der Waals surface area (Å²) in [5.41, 5.74) is -0.0320. The maximum atomic E-state index is 13.8. The van der Waals surface area contributed by atoms with E-state index in [0.717, 1.165) is 42.9 Å². The Labute approximate surface area is 193 Å². The van der Waals surface area contributed by atoms with E-state index >= 15 is 0 Å². The molecule has 7 nitrogen and oxygen atoms in total. The Balaban J connectivity index is 1.54. The summed E-state index contributed by atoms with van der Waals surface area (Å²) < 4.78 is 35.4. The summed E-state index contributed by atoms with van der Waals surface area (Å²) in [6, 6.07) is 16.6. The third-order valence-corrected chi connectivity index (χ3v) is 8.76. The number of ether oxygens (including phenoxy) is 1. The van der Waals surface area contributed by atoms with Gasteiger partial charge in [0.1, 0.15) is 11.5 Å². The van der Waals surface area contributed by atoms with E-state index in [-0.39, 0.29) is 16.6 Å². The molecule has 2 fully saturated rings. The van der Waals surface area contributed by atoms with Gasteiger partial charge in [0.05, 0.1) is 9.82 Å². The Morgan fingerprint density at radius 1 is 0.970 bits per heavy atom. The van der Waals surface area contributed by atoms with E-state index in [4.69, 9.17) is 4.74 Å². The molecule has 1 heterocycles. The highest BCUT2D eigenvalue weighted by Gasteiger charge is 2.37. The van der Waals surface area contributed by atoms with Crippen molar-refractivity contribution in [3.8, 4) is 11.5 Å². The van der Waals surface area contributed by atoms with Crippen molar-refractivity contribution in [1.29, 1.82) is 0 Å². The third-order valence-electron chi connectivity index (χ3n) is 6.83. The molecule has 172 valence electrons. The van der Waals surface area contributed by atoms with Crippen molar-refractivity contribution in [2.45, 2.75) is 49.5 Å². The van der Waals surface area contributed by atoms with Crippen LogP contribution in [0.5, 0.6) is 11.5 Å². The lowest BCUT2D eigenvalue weighted by Gasteiger charge is -2.33. The molecule has 3 aromatic carbocycles. The lowest BCUT2D eigenvalue weighted by Crippen LogP contribution is -2.41. The Morgan fingerprint density at radius 3 is 2.52 bits per heavy atom. The van der Waals surface area contributed by atoms with Gasteiger partial charge in [0.15, 0.2) is 0 Å². The van der Waals surface area contributed by atoms with E-state index in [1.807, 2.05) is 24.3 Å². The van der Waals surface area contributed by atoms with E-state index in [1.165, 1.54) is 30.7 Å². The van der Waals surface area contributed by atoms with Crippen molar-refractivity contribution in [3.05, 3.63) is 70.8 Å². The molecule has 2 unspecified atom stereocenters. The average Bonchev–Trinajstić information content (AvgIpc) is 2.96. The van der Waals surface area contributed by atoms with Gasteiger partial charge in [-0.2, -0.15) is 4.31 Å². The lowest BCUT2D eigenvalue weighted by molar-refractivity contribution is -0.384. The molecule has 33 heavy (non-hydrogen) atoms. The molecule has 2 atom stereocenters. The molecule has 2 bridgehead atoms. The second-order valence-corrected chi connectivity index (χ2v) is 10.8. The van der Waals surface area contributed by atoms with E-state index in [1.54, 1.807) is 16.4 Å². The molecule has 0 radical (unpaired) electrons. The first-order valence-corrected chi connectivity index (χ1v) is 12.8. The largest absolute Gasteiger partial charge is 0.457 e. The van der Waals surface area contributed by atoms with Crippen molar-refractivity contribution < 1.29 is 18.1 Å². The number of rotatable bonds is 5. The van der Waals surface area contributed by atoms with Crippen LogP contribution in [0.4, 0.5) is 5.69 Å². The van der Waals surface area contributed by atoms with Crippen LogP contribution in [-0.2, 0) is 10.0 Å². The molecule has 2 aliphatic rings. The van der Waals surface area contributed by atoms with E-state index in [9.17, 15) is 18.5 Å². The molecule has 0 amide bonds. The van der Waals surface area contributed by atoms with Gasteiger partial charge in [-0.25, -0.2) is 8.42 Å². The van der Waals surface area contributed by atoms with Crippen LogP contribution < -0.4 is 4.74 Å². The fourth-order valence-electron chi connectivity index (χ4n) is 5.20. The molecule has 1 saturated carbocycles. The number of sulfonamides is 1. The predicted molar refractivity (Wildman–Crippen MR) is 126 cm³/mol. The number of hydrogen-bond donors (Lipinski definition) is 0. The number of nitro benzene ring substituents is 1. The van der Waals surface area contributed by atoms with Crippen molar-refractivity contribution in [3.63, 3.8) is 0 Å². The topological polar surface area (TPSA) is 89.7 Å². The van der Waals surface area contributed by atoms with E-state index in [0.29, 0.717) is 24.0 Å². The fraction of sp³-hybridized carbons (Fsp3) is 0.360. The molecule has 1 aliphatic heterocycles. The Bertz CT molecular complexity index is 1290. The van der Waals surface area contributed by atoms with Crippen LogP contribution in [-0.4, -0.2) is 30.2 Å². The number of hydrogen-bond acceptors (Lipinski definition) is 5. The molecule has 5 rings (SSSR count). The highest BCUT2D eigenvalue weighted by atomic mass is 32.2. The van der Waals surface area contributed by atoms with Crippen molar-refractivity contribution in [2.75, 3.05) is 6.54 Å². The van der Waals surface area contributed by atoms with Gasteiger partial charge in [-0.05, 0) is 55.2 Å². The maximum Gasteiger partial charge on any atom is 0.269 e. The van der Waals surface area contributed by atoms with Crippen LogP contribution in [0.25, 0.3) is 10.8 Å². The predicted octanol–water partition coefficient (Wildman–Crippen LogP) is 5.88. The zero-order valence-electron chi connectivity index (χ0n) is 18.2. The number of non-ortho nitro benzene ring substituents is 1. The highest BCUT2D eigenvalue weighted by Crippen LogP contribution is 2.39. The minimum absolute atomic E-state index is 0.0320. The number of nitro groups is 1. The molecule has 3 aromatic rings. The molecular formula is C25H26N2O5S. The lowest BCUT2D eigenvalue weighted by atomic mass is 9.84. The number of fused-ring (bicyclic) bond motifs is 3. The van der Waals surface area contributed by atoms with Crippen LogP contribution in [0.15, 0.2) is 65.6 Å².